The van der Waals surface area contributed by atoms with Crippen LogP contribution in [0.15, 0.2) is 5.38 Å². The summed E-state index contributed by atoms with van der Waals surface area (Å²) in [7, 11) is 0. The van der Waals surface area contributed by atoms with Crippen LogP contribution in [0.2, 0.25) is 5.02 Å². The summed E-state index contributed by atoms with van der Waals surface area (Å²) in [5, 5.41) is 3.01. The fraction of sp³-hybridized carbons (Fsp3) is 0.692. The van der Waals surface area contributed by atoms with Gasteiger partial charge in [0.15, 0.2) is 0 Å². The lowest BCUT2D eigenvalue weighted by atomic mass is 9.78. The summed E-state index contributed by atoms with van der Waals surface area (Å²) in [4.78, 5) is 1.19. The van der Waals surface area contributed by atoms with E-state index in [1.54, 1.807) is 11.3 Å². The molecule has 1 fully saturated rings. The van der Waals surface area contributed by atoms with Crippen molar-refractivity contribution in [1.82, 2.24) is 0 Å². The van der Waals surface area contributed by atoms with Crippen molar-refractivity contribution in [1.29, 1.82) is 0 Å². The number of rotatable bonds is 2. The fourth-order valence-electron chi connectivity index (χ4n) is 2.70. The minimum atomic E-state index is 0.147. The maximum atomic E-state index is 6.37. The molecule has 2 N–H and O–H groups in total. The van der Waals surface area contributed by atoms with E-state index in [1.165, 1.54) is 36.1 Å². The third kappa shape index (κ3) is 2.44. The van der Waals surface area contributed by atoms with Gasteiger partial charge in [-0.1, -0.05) is 31.4 Å². The van der Waals surface area contributed by atoms with Crippen LogP contribution in [0.1, 0.15) is 49.1 Å². The van der Waals surface area contributed by atoms with E-state index in [1.807, 2.05) is 0 Å². The van der Waals surface area contributed by atoms with E-state index in [-0.39, 0.29) is 6.04 Å². The number of thiophene rings is 1. The highest BCUT2D eigenvalue weighted by atomic mass is 35.5. The van der Waals surface area contributed by atoms with Gasteiger partial charge in [0.05, 0.1) is 5.02 Å². The average molecular weight is 258 g/mol. The zero-order chi connectivity index (χ0) is 11.7. The van der Waals surface area contributed by atoms with E-state index in [4.69, 9.17) is 17.3 Å². The number of hydrogen-bond donors (Lipinski definition) is 1. The largest absolute Gasteiger partial charge is 0.323 e. The molecule has 0 bridgehead atoms. The predicted octanol–water partition coefficient (Wildman–Crippen LogP) is 4.54. The summed E-state index contributed by atoms with van der Waals surface area (Å²) in [6.07, 6.45) is 5.20. The predicted molar refractivity (Wildman–Crippen MR) is 72.1 cm³/mol. The van der Waals surface area contributed by atoms with Crippen molar-refractivity contribution >= 4 is 22.9 Å². The maximum absolute atomic E-state index is 6.37. The maximum Gasteiger partial charge on any atom is 0.0590 e. The van der Waals surface area contributed by atoms with E-state index in [2.05, 4.69) is 19.2 Å². The van der Waals surface area contributed by atoms with E-state index < -0.39 is 0 Å². The highest BCUT2D eigenvalue weighted by Crippen LogP contribution is 2.40. The second-order valence-electron chi connectivity index (χ2n) is 5.15. The van der Waals surface area contributed by atoms with E-state index in [0.717, 1.165) is 10.9 Å². The molecule has 1 aliphatic carbocycles. The van der Waals surface area contributed by atoms with E-state index in [0.29, 0.717) is 5.92 Å². The molecule has 3 unspecified atom stereocenters. The molecule has 16 heavy (non-hydrogen) atoms. The van der Waals surface area contributed by atoms with Gasteiger partial charge in [0.2, 0.25) is 0 Å². The molecule has 90 valence electrons. The molecule has 0 aliphatic heterocycles. The second-order valence-corrected chi connectivity index (χ2v) is 6.44. The van der Waals surface area contributed by atoms with Crippen LogP contribution in [0.3, 0.4) is 0 Å². The molecule has 1 heterocycles. The van der Waals surface area contributed by atoms with Crippen molar-refractivity contribution in [3.63, 3.8) is 0 Å². The molecule has 0 radical (unpaired) electrons. The molecule has 3 heteroatoms. The molecule has 1 aromatic heterocycles. The van der Waals surface area contributed by atoms with Crippen LogP contribution in [0, 0.1) is 18.8 Å². The SMILES string of the molecule is Cc1csc(C(N)C2CCCC(C)C2)c1Cl. The first-order chi connectivity index (χ1) is 7.59. The Balaban J connectivity index is 2.12. The Morgan fingerprint density at radius 2 is 2.25 bits per heavy atom. The normalized spacial score (nSPS) is 28.0. The van der Waals surface area contributed by atoms with Gasteiger partial charge in [-0.25, -0.2) is 0 Å². The highest BCUT2D eigenvalue weighted by Gasteiger charge is 2.27. The molecular formula is C13H20ClNS. The standard InChI is InChI=1S/C13H20ClNS/c1-8-4-3-5-10(6-8)12(15)13-11(14)9(2)7-16-13/h7-8,10,12H,3-6,15H2,1-2H3. The number of aryl methyl sites for hydroxylation is 1. The number of halogens is 1. The molecule has 3 atom stereocenters. The van der Waals surface area contributed by atoms with Crippen LogP contribution in [0.5, 0.6) is 0 Å². The van der Waals surface area contributed by atoms with Gasteiger partial charge < -0.3 is 5.73 Å². The van der Waals surface area contributed by atoms with Crippen LogP contribution in [0.25, 0.3) is 0 Å². The van der Waals surface area contributed by atoms with Crippen molar-refractivity contribution in [2.45, 2.75) is 45.6 Å². The van der Waals surface area contributed by atoms with Crippen molar-refractivity contribution in [3.05, 3.63) is 20.8 Å². The Labute approximate surface area is 107 Å². The first kappa shape index (κ1) is 12.4. The Morgan fingerprint density at radius 1 is 1.50 bits per heavy atom. The van der Waals surface area contributed by atoms with Gasteiger partial charge in [0, 0.05) is 10.9 Å². The first-order valence-corrected chi connectivity index (χ1v) is 7.34. The molecule has 0 saturated heterocycles. The molecule has 0 amide bonds. The summed E-state index contributed by atoms with van der Waals surface area (Å²) in [6, 6.07) is 0.147. The van der Waals surface area contributed by atoms with Gasteiger partial charge in [0.25, 0.3) is 0 Å². The van der Waals surface area contributed by atoms with Crippen LogP contribution < -0.4 is 5.73 Å². The smallest absolute Gasteiger partial charge is 0.0590 e. The van der Waals surface area contributed by atoms with Crippen molar-refractivity contribution in [3.8, 4) is 0 Å². The van der Waals surface area contributed by atoms with Crippen LogP contribution in [-0.2, 0) is 0 Å². The van der Waals surface area contributed by atoms with Gasteiger partial charge in [0.1, 0.15) is 0 Å². The van der Waals surface area contributed by atoms with E-state index in [9.17, 15) is 0 Å². The summed E-state index contributed by atoms with van der Waals surface area (Å²) in [6.45, 7) is 4.39. The zero-order valence-electron chi connectivity index (χ0n) is 10.0. The Bertz CT molecular complexity index is 361. The lowest BCUT2D eigenvalue weighted by Crippen LogP contribution is -2.25. The highest BCUT2D eigenvalue weighted by molar-refractivity contribution is 7.10. The van der Waals surface area contributed by atoms with Gasteiger partial charge in [-0.15, -0.1) is 11.3 Å². The average Bonchev–Trinajstić information content (AvgIpc) is 2.59. The summed E-state index contributed by atoms with van der Waals surface area (Å²) in [5.74, 6) is 1.45. The fourth-order valence-corrected chi connectivity index (χ4v) is 4.11. The molecule has 1 aliphatic rings. The lowest BCUT2D eigenvalue weighted by Gasteiger charge is -2.30. The minimum Gasteiger partial charge on any atom is -0.323 e. The second kappa shape index (κ2) is 5.07. The zero-order valence-corrected chi connectivity index (χ0v) is 11.6. The summed E-state index contributed by atoms with van der Waals surface area (Å²) in [5.41, 5.74) is 7.54. The van der Waals surface area contributed by atoms with Gasteiger partial charge >= 0.3 is 0 Å². The van der Waals surface area contributed by atoms with Crippen molar-refractivity contribution in [2.24, 2.45) is 17.6 Å². The topological polar surface area (TPSA) is 26.0 Å². The molecular weight excluding hydrogens is 238 g/mol. The summed E-state index contributed by atoms with van der Waals surface area (Å²) < 4.78 is 0. The monoisotopic (exact) mass is 257 g/mol. The Kier molecular flexibility index (Phi) is 3.93. The lowest BCUT2D eigenvalue weighted by molar-refractivity contribution is 0.249. The molecule has 1 nitrogen and oxygen atoms in total. The number of hydrogen-bond acceptors (Lipinski definition) is 2. The van der Waals surface area contributed by atoms with E-state index >= 15 is 0 Å². The van der Waals surface area contributed by atoms with Gasteiger partial charge in [-0.2, -0.15) is 0 Å². The first-order valence-electron chi connectivity index (χ1n) is 6.08. The third-order valence-corrected chi connectivity index (χ3v) is 5.53. The summed E-state index contributed by atoms with van der Waals surface area (Å²) >= 11 is 8.01. The minimum absolute atomic E-state index is 0.147. The van der Waals surface area contributed by atoms with Crippen LogP contribution in [-0.4, -0.2) is 0 Å². The number of nitrogens with two attached hydrogens (primary N) is 1. The quantitative estimate of drug-likeness (QED) is 0.827. The van der Waals surface area contributed by atoms with Crippen LogP contribution >= 0.6 is 22.9 Å². The van der Waals surface area contributed by atoms with Crippen LogP contribution in [0.4, 0.5) is 0 Å². The Hall–Kier alpha value is -0.0500. The molecule has 0 aromatic carbocycles. The van der Waals surface area contributed by atoms with Crippen molar-refractivity contribution < 1.29 is 0 Å². The molecule has 1 aromatic rings. The third-order valence-electron chi connectivity index (χ3n) is 3.71. The van der Waals surface area contributed by atoms with Gasteiger partial charge in [-0.3, -0.25) is 0 Å². The molecule has 1 saturated carbocycles. The van der Waals surface area contributed by atoms with Gasteiger partial charge in [-0.05, 0) is 42.5 Å². The molecule has 0 spiro atoms. The van der Waals surface area contributed by atoms with Crippen molar-refractivity contribution in [2.75, 3.05) is 0 Å². The molecule has 2 rings (SSSR count). The Morgan fingerprint density at radius 3 is 2.81 bits per heavy atom.